The maximum atomic E-state index is 9.20. The predicted octanol–water partition coefficient (Wildman–Crippen LogP) is 0.570. The van der Waals surface area contributed by atoms with Gasteiger partial charge in [0.2, 0.25) is 0 Å². The van der Waals surface area contributed by atoms with Crippen LogP contribution >= 0.6 is 0 Å². The Bertz CT molecular complexity index is 501. The maximum Gasteiger partial charge on any atom is 0.142 e. The van der Waals surface area contributed by atoms with Gasteiger partial charge >= 0.3 is 0 Å². The van der Waals surface area contributed by atoms with Gasteiger partial charge in [0, 0.05) is 18.0 Å². The van der Waals surface area contributed by atoms with Crippen molar-refractivity contribution in [3.63, 3.8) is 0 Å². The van der Waals surface area contributed by atoms with Gasteiger partial charge in [-0.1, -0.05) is 5.92 Å². The van der Waals surface area contributed by atoms with E-state index in [1.807, 2.05) is 23.9 Å². The Hall–Kier alpha value is -1.73. The number of fused-ring (bicyclic) bond motifs is 1. The molecule has 14 heavy (non-hydrogen) atoms. The number of rotatable bonds is 2. The lowest BCUT2D eigenvalue weighted by Gasteiger charge is -1.98. The molecule has 0 atom stereocenters. The standard InChI is InChI=1S/C10H11N3O/c1-3-4-12-5-6-13-10(12)9(7-14)8(2)11-13/h1,5-6,14H,4,7H2,2H3. The highest BCUT2D eigenvalue weighted by Gasteiger charge is 2.11. The third-order valence-corrected chi connectivity index (χ3v) is 2.26. The monoisotopic (exact) mass is 189 g/mol. The summed E-state index contributed by atoms with van der Waals surface area (Å²) in [6, 6.07) is 0. The van der Waals surface area contributed by atoms with Gasteiger partial charge in [-0.15, -0.1) is 6.42 Å². The van der Waals surface area contributed by atoms with Crippen LogP contribution in [0.5, 0.6) is 0 Å². The van der Waals surface area contributed by atoms with E-state index in [0.29, 0.717) is 6.54 Å². The van der Waals surface area contributed by atoms with E-state index < -0.39 is 0 Å². The fourth-order valence-corrected chi connectivity index (χ4v) is 1.60. The van der Waals surface area contributed by atoms with Crippen molar-refractivity contribution in [2.75, 3.05) is 0 Å². The van der Waals surface area contributed by atoms with Crippen LogP contribution in [0.3, 0.4) is 0 Å². The van der Waals surface area contributed by atoms with E-state index in [0.717, 1.165) is 16.9 Å². The molecule has 72 valence electrons. The number of aromatic nitrogens is 3. The highest BCUT2D eigenvalue weighted by atomic mass is 16.3. The lowest BCUT2D eigenvalue weighted by atomic mass is 10.3. The molecular weight excluding hydrogens is 178 g/mol. The first-order valence-electron chi connectivity index (χ1n) is 4.35. The molecule has 2 heterocycles. The van der Waals surface area contributed by atoms with E-state index in [-0.39, 0.29) is 6.61 Å². The number of aryl methyl sites for hydroxylation is 1. The van der Waals surface area contributed by atoms with Gasteiger partial charge in [-0.3, -0.25) is 0 Å². The van der Waals surface area contributed by atoms with Crippen LogP contribution in [0.15, 0.2) is 12.4 Å². The second-order valence-electron chi connectivity index (χ2n) is 3.12. The van der Waals surface area contributed by atoms with Crippen molar-refractivity contribution in [1.82, 2.24) is 14.2 Å². The van der Waals surface area contributed by atoms with E-state index in [4.69, 9.17) is 6.42 Å². The quantitative estimate of drug-likeness (QED) is 0.702. The second kappa shape index (κ2) is 3.20. The first-order valence-corrected chi connectivity index (χ1v) is 4.35. The summed E-state index contributed by atoms with van der Waals surface area (Å²) in [4.78, 5) is 0. The molecular formula is C10H11N3O. The van der Waals surface area contributed by atoms with Crippen LogP contribution in [0.2, 0.25) is 0 Å². The summed E-state index contributed by atoms with van der Waals surface area (Å²) in [6.07, 6.45) is 8.94. The van der Waals surface area contributed by atoms with Crippen LogP contribution in [-0.2, 0) is 13.2 Å². The van der Waals surface area contributed by atoms with Crippen LogP contribution < -0.4 is 0 Å². The Morgan fingerprint density at radius 3 is 3.00 bits per heavy atom. The zero-order valence-electron chi connectivity index (χ0n) is 7.94. The molecule has 2 aromatic heterocycles. The smallest absolute Gasteiger partial charge is 0.142 e. The van der Waals surface area contributed by atoms with Gasteiger partial charge in [-0.05, 0) is 6.92 Å². The Balaban J connectivity index is 2.69. The normalized spacial score (nSPS) is 10.6. The van der Waals surface area contributed by atoms with Crippen molar-refractivity contribution in [2.24, 2.45) is 0 Å². The summed E-state index contributed by atoms with van der Waals surface area (Å²) in [6.45, 7) is 2.36. The van der Waals surface area contributed by atoms with Crippen molar-refractivity contribution in [3.8, 4) is 12.3 Å². The van der Waals surface area contributed by atoms with E-state index >= 15 is 0 Å². The fourth-order valence-electron chi connectivity index (χ4n) is 1.60. The summed E-state index contributed by atoms with van der Waals surface area (Å²) in [5, 5.41) is 13.5. The fraction of sp³-hybridized carbons (Fsp3) is 0.300. The summed E-state index contributed by atoms with van der Waals surface area (Å²) >= 11 is 0. The van der Waals surface area contributed by atoms with Crippen molar-refractivity contribution in [3.05, 3.63) is 23.7 Å². The number of terminal acetylenes is 1. The minimum absolute atomic E-state index is 0.0100. The summed E-state index contributed by atoms with van der Waals surface area (Å²) < 4.78 is 3.63. The van der Waals surface area contributed by atoms with E-state index in [2.05, 4.69) is 11.0 Å². The number of aliphatic hydroxyl groups is 1. The number of nitrogens with zero attached hydrogens (tertiary/aromatic N) is 3. The molecule has 0 bridgehead atoms. The zero-order chi connectivity index (χ0) is 10.1. The second-order valence-corrected chi connectivity index (χ2v) is 3.12. The molecule has 0 amide bonds. The molecule has 0 spiro atoms. The maximum absolute atomic E-state index is 9.20. The third kappa shape index (κ3) is 1.10. The average molecular weight is 189 g/mol. The van der Waals surface area contributed by atoms with Crippen LogP contribution in [-0.4, -0.2) is 19.3 Å². The van der Waals surface area contributed by atoms with Crippen molar-refractivity contribution < 1.29 is 5.11 Å². The van der Waals surface area contributed by atoms with E-state index in [1.54, 1.807) is 4.52 Å². The Labute approximate surface area is 81.8 Å². The van der Waals surface area contributed by atoms with Gasteiger partial charge in [0.15, 0.2) is 0 Å². The molecule has 0 unspecified atom stereocenters. The summed E-state index contributed by atoms with van der Waals surface area (Å²) in [5.41, 5.74) is 2.56. The number of aliphatic hydroxyl groups excluding tert-OH is 1. The highest BCUT2D eigenvalue weighted by molar-refractivity contribution is 5.51. The molecule has 0 radical (unpaired) electrons. The zero-order valence-corrected chi connectivity index (χ0v) is 7.94. The van der Waals surface area contributed by atoms with Crippen LogP contribution in [0.25, 0.3) is 5.65 Å². The number of hydrogen-bond donors (Lipinski definition) is 1. The molecule has 2 aromatic rings. The first-order chi connectivity index (χ1) is 6.77. The highest BCUT2D eigenvalue weighted by Crippen LogP contribution is 2.15. The van der Waals surface area contributed by atoms with Gasteiger partial charge in [0.05, 0.1) is 18.8 Å². The molecule has 4 nitrogen and oxygen atoms in total. The molecule has 0 aromatic carbocycles. The summed E-state index contributed by atoms with van der Waals surface area (Å²) in [7, 11) is 0. The van der Waals surface area contributed by atoms with Gasteiger partial charge in [0.1, 0.15) is 5.65 Å². The molecule has 0 saturated carbocycles. The minimum Gasteiger partial charge on any atom is -0.391 e. The van der Waals surface area contributed by atoms with Crippen LogP contribution in [0.1, 0.15) is 11.3 Å². The molecule has 0 aliphatic carbocycles. The Morgan fingerprint density at radius 1 is 1.57 bits per heavy atom. The van der Waals surface area contributed by atoms with Crippen molar-refractivity contribution in [1.29, 1.82) is 0 Å². The topological polar surface area (TPSA) is 42.5 Å². The lowest BCUT2D eigenvalue weighted by molar-refractivity contribution is 0.282. The van der Waals surface area contributed by atoms with E-state index in [1.165, 1.54) is 0 Å². The average Bonchev–Trinajstić information content (AvgIpc) is 2.66. The Kier molecular flexibility index (Phi) is 2.02. The van der Waals surface area contributed by atoms with E-state index in [9.17, 15) is 5.11 Å². The third-order valence-electron chi connectivity index (χ3n) is 2.26. The van der Waals surface area contributed by atoms with Gasteiger partial charge < -0.3 is 9.67 Å². The minimum atomic E-state index is -0.0100. The SMILES string of the molecule is C#CCn1ccn2nc(C)c(CO)c12. The van der Waals surface area contributed by atoms with Crippen LogP contribution in [0.4, 0.5) is 0 Å². The van der Waals surface area contributed by atoms with Crippen LogP contribution in [0, 0.1) is 19.3 Å². The van der Waals surface area contributed by atoms with Crippen molar-refractivity contribution >= 4 is 5.65 Å². The lowest BCUT2D eigenvalue weighted by Crippen LogP contribution is -1.96. The molecule has 0 saturated heterocycles. The first kappa shape index (κ1) is 8.85. The van der Waals surface area contributed by atoms with Gasteiger partial charge in [-0.25, -0.2) is 4.52 Å². The van der Waals surface area contributed by atoms with Gasteiger partial charge in [-0.2, -0.15) is 5.10 Å². The van der Waals surface area contributed by atoms with Crippen molar-refractivity contribution in [2.45, 2.75) is 20.1 Å². The largest absolute Gasteiger partial charge is 0.391 e. The Morgan fingerprint density at radius 2 is 2.36 bits per heavy atom. The molecule has 1 N–H and O–H groups in total. The molecule has 2 rings (SSSR count). The molecule has 4 heteroatoms. The molecule has 0 aliphatic heterocycles. The predicted molar refractivity (Wildman–Crippen MR) is 52.7 cm³/mol. The number of hydrogen-bond acceptors (Lipinski definition) is 2. The molecule has 0 fully saturated rings. The number of imidazole rings is 1. The summed E-state index contributed by atoms with van der Waals surface area (Å²) in [5.74, 6) is 2.56. The van der Waals surface area contributed by atoms with Gasteiger partial charge in [0.25, 0.3) is 0 Å². The molecule has 0 aliphatic rings.